The van der Waals surface area contributed by atoms with E-state index in [9.17, 15) is 15.0 Å². The molecular formula is C31H44N8O4. The van der Waals surface area contributed by atoms with E-state index in [4.69, 9.17) is 4.74 Å². The molecule has 0 unspecified atom stereocenters. The van der Waals surface area contributed by atoms with Crippen molar-refractivity contribution in [1.29, 1.82) is 0 Å². The van der Waals surface area contributed by atoms with Gasteiger partial charge >= 0.3 is 6.09 Å². The zero-order valence-electron chi connectivity index (χ0n) is 24.9. The number of likely N-dealkylation sites (tertiary alicyclic amines) is 2. The second-order valence-corrected chi connectivity index (χ2v) is 12.7. The second kappa shape index (κ2) is 12.4. The van der Waals surface area contributed by atoms with Crippen molar-refractivity contribution in [2.45, 2.75) is 49.9 Å². The smallest absolute Gasteiger partial charge is 0.407 e. The van der Waals surface area contributed by atoms with Gasteiger partial charge in [-0.05, 0) is 70.1 Å². The van der Waals surface area contributed by atoms with Crippen LogP contribution in [0, 0.1) is 0 Å². The maximum Gasteiger partial charge on any atom is 0.407 e. The lowest BCUT2D eigenvalue weighted by molar-refractivity contribution is -0.0426. The first-order valence-corrected chi connectivity index (χ1v) is 16.0. The van der Waals surface area contributed by atoms with Gasteiger partial charge in [-0.3, -0.25) is 4.90 Å². The number of piperidine rings is 2. The van der Waals surface area contributed by atoms with E-state index in [2.05, 4.69) is 41.2 Å². The summed E-state index contributed by atoms with van der Waals surface area (Å²) in [5.74, 6) is 1.05. The first-order valence-electron chi connectivity index (χ1n) is 16.0. The largest absolute Gasteiger partial charge is 0.507 e. The number of fused-ring (bicyclic) bond motifs is 3. The normalized spacial score (nSPS) is 26.5. The lowest BCUT2D eigenvalue weighted by Crippen LogP contribution is -2.61. The SMILES string of the molecule is O=C(O)N1CCO[C@@H](CN2CCC(N3CCC(N4CCN5c6cc(-c7ccccc7O)nnc6NC[C@H]5C4)CC3)CC2)C1. The molecule has 2 atom stereocenters. The number of amides is 1. The highest BCUT2D eigenvalue weighted by atomic mass is 16.5. The second-order valence-electron chi connectivity index (χ2n) is 12.7. The number of aromatic hydroxyl groups is 1. The van der Waals surface area contributed by atoms with Gasteiger partial charge in [0.25, 0.3) is 0 Å². The molecule has 1 aromatic carbocycles. The summed E-state index contributed by atoms with van der Waals surface area (Å²) in [6.45, 7) is 10.7. The molecule has 4 fully saturated rings. The van der Waals surface area contributed by atoms with E-state index in [0.29, 0.717) is 49.1 Å². The molecular weight excluding hydrogens is 548 g/mol. The van der Waals surface area contributed by atoms with Crippen molar-refractivity contribution in [2.24, 2.45) is 0 Å². The zero-order chi connectivity index (χ0) is 29.3. The number of phenols is 1. The van der Waals surface area contributed by atoms with Crippen molar-refractivity contribution >= 4 is 17.6 Å². The number of nitrogens with zero attached hydrogens (tertiary/aromatic N) is 7. The maximum atomic E-state index is 11.3. The van der Waals surface area contributed by atoms with Gasteiger partial charge in [-0.1, -0.05) is 12.1 Å². The number of rotatable bonds is 5. The number of hydrogen-bond acceptors (Lipinski definition) is 10. The number of piperazine rings is 1. The molecule has 232 valence electrons. The Balaban J connectivity index is 0.885. The van der Waals surface area contributed by atoms with Gasteiger partial charge in [0.05, 0.1) is 36.7 Å². The summed E-state index contributed by atoms with van der Waals surface area (Å²) >= 11 is 0. The number of hydrogen-bond donors (Lipinski definition) is 3. The molecule has 0 bridgehead atoms. The number of para-hydroxylation sites is 1. The number of anilines is 2. The molecule has 6 heterocycles. The molecule has 5 aliphatic rings. The summed E-state index contributed by atoms with van der Waals surface area (Å²) in [7, 11) is 0. The summed E-state index contributed by atoms with van der Waals surface area (Å²) in [5.41, 5.74) is 2.49. The molecule has 5 aliphatic heterocycles. The fourth-order valence-corrected chi connectivity index (χ4v) is 7.84. The number of nitrogens with one attached hydrogen (secondary N) is 1. The Morgan fingerprint density at radius 1 is 0.907 bits per heavy atom. The molecule has 1 amide bonds. The van der Waals surface area contributed by atoms with Crippen LogP contribution in [0.3, 0.4) is 0 Å². The quantitative estimate of drug-likeness (QED) is 0.473. The average Bonchev–Trinajstić information content (AvgIpc) is 3.05. The third-order valence-corrected chi connectivity index (χ3v) is 10.2. The number of carbonyl (C=O) groups is 1. The Kier molecular flexibility index (Phi) is 8.26. The molecule has 0 radical (unpaired) electrons. The highest BCUT2D eigenvalue weighted by molar-refractivity contribution is 5.76. The summed E-state index contributed by atoms with van der Waals surface area (Å²) in [6, 6.07) is 11.1. The van der Waals surface area contributed by atoms with Gasteiger partial charge in [-0.2, -0.15) is 0 Å². The van der Waals surface area contributed by atoms with E-state index >= 15 is 0 Å². The average molecular weight is 593 g/mol. The van der Waals surface area contributed by atoms with Gasteiger partial charge in [-0.15, -0.1) is 10.2 Å². The predicted octanol–water partition coefficient (Wildman–Crippen LogP) is 2.07. The molecule has 7 rings (SSSR count). The van der Waals surface area contributed by atoms with Crippen LogP contribution in [0.1, 0.15) is 25.7 Å². The third-order valence-electron chi connectivity index (χ3n) is 10.2. The fourth-order valence-electron chi connectivity index (χ4n) is 7.84. The molecule has 0 saturated carbocycles. The Labute approximate surface area is 253 Å². The maximum absolute atomic E-state index is 11.3. The number of carboxylic acid groups (broad SMARTS) is 1. The van der Waals surface area contributed by atoms with Crippen LogP contribution < -0.4 is 10.2 Å². The van der Waals surface area contributed by atoms with Crippen LogP contribution in [-0.4, -0.2) is 149 Å². The minimum absolute atomic E-state index is 0.0160. The van der Waals surface area contributed by atoms with Crippen LogP contribution in [0.4, 0.5) is 16.3 Å². The first kappa shape index (κ1) is 28.6. The van der Waals surface area contributed by atoms with Crippen LogP contribution >= 0.6 is 0 Å². The molecule has 0 spiro atoms. The van der Waals surface area contributed by atoms with Gasteiger partial charge in [0.1, 0.15) is 5.75 Å². The molecule has 1 aromatic heterocycles. The van der Waals surface area contributed by atoms with Crippen LogP contribution in [0.15, 0.2) is 30.3 Å². The van der Waals surface area contributed by atoms with Crippen LogP contribution in [-0.2, 0) is 4.74 Å². The van der Waals surface area contributed by atoms with Gasteiger partial charge in [0, 0.05) is 56.9 Å². The van der Waals surface area contributed by atoms with Crippen molar-refractivity contribution in [3.05, 3.63) is 30.3 Å². The van der Waals surface area contributed by atoms with E-state index < -0.39 is 6.09 Å². The Bertz CT molecular complexity index is 1280. The van der Waals surface area contributed by atoms with Crippen LogP contribution in [0.5, 0.6) is 5.75 Å². The number of benzene rings is 1. The lowest BCUT2D eigenvalue weighted by Gasteiger charge is -2.50. The van der Waals surface area contributed by atoms with Gasteiger partial charge < -0.3 is 39.9 Å². The Morgan fingerprint density at radius 3 is 2.47 bits per heavy atom. The predicted molar refractivity (Wildman–Crippen MR) is 164 cm³/mol. The molecule has 3 N–H and O–H groups in total. The van der Waals surface area contributed by atoms with Crippen molar-refractivity contribution in [1.82, 2.24) is 29.8 Å². The fraction of sp³-hybridized carbons (Fsp3) is 0.645. The monoisotopic (exact) mass is 592 g/mol. The highest BCUT2D eigenvalue weighted by Gasteiger charge is 2.37. The van der Waals surface area contributed by atoms with Crippen LogP contribution in [0.2, 0.25) is 0 Å². The Morgan fingerprint density at radius 2 is 1.67 bits per heavy atom. The summed E-state index contributed by atoms with van der Waals surface area (Å²) in [5, 5.41) is 32.0. The number of aromatic nitrogens is 2. The van der Waals surface area contributed by atoms with E-state index in [1.54, 1.807) is 6.07 Å². The number of morpholine rings is 1. The lowest BCUT2D eigenvalue weighted by atomic mass is 9.95. The van der Waals surface area contributed by atoms with Gasteiger partial charge in [0.15, 0.2) is 5.82 Å². The number of ether oxygens (including phenoxy) is 1. The van der Waals surface area contributed by atoms with E-state index in [0.717, 1.165) is 57.3 Å². The zero-order valence-corrected chi connectivity index (χ0v) is 24.9. The molecule has 0 aliphatic carbocycles. The minimum Gasteiger partial charge on any atom is -0.507 e. The molecule has 12 nitrogen and oxygen atoms in total. The Hall–Kier alpha value is -3.19. The highest BCUT2D eigenvalue weighted by Crippen LogP contribution is 2.36. The van der Waals surface area contributed by atoms with Crippen LogP contribution in [0.25, 0.3) is 11.3 Å². The van der Waals surface area contributed by atoms with Crippen molar-refractivity contribution in [2.75, 3.05) is 88.8 Å². The van der Waals surface area contributed by atoms with Gasteiger partial charge in [-0.25, -0.2) is 4.79 Å². The minimum atomic E-state index is -0.841. The molecule has 12 heteroatoms. The number of phenolic OH excluding ortho intramolecular Hbond substituents is 1. The van der Waals surface area contributed by atoms with E-state index in [1.165, 1.54) is 43.7 Å². The first-order chi connectivity index (χ1) is 21.0. The van der Waals surface area contributed by atoms with Crippen molar-refractivity contribution < 1.29 is 19.7 Å². The van der Waals surface area contributed by atoms with Gasteiger partial charge in [0.2, 0.25) is 0 Å². The van der Waals surface area contributed by atoms with Crippen molar-refractivity contribution in [3.8, 4) is 17.0 Å². The summed E-state index contributed by atoms with van der Waals surface area (Å²) < 4.78 is 5.87. The van der Waals surface area contributed by atoms with Crippen molar-refractivity contribution in [3.63, 3.8) is 0 Å². The topological polar surface area (TPSA) is 121 Å². The molecule has 2 aromatic rings. The molecule has 43 heavy (non-hydrogen) atoms. The summed E-state index contributed by atoms with van der Waals surface area (Å²) in [4.78, 5) is 23.2. The standard InChI is InChI=1S/C31H44N8O4/c40-29-4-2-1-3-26(29)27-17-28-30(34-33-27)32-18-24-19-37(13-14-39(24)28)23-7-11-36(12-8-23)22-5-9-35(10-6-22)20-25-21-38(31(41)42)15-16-43-25/h1-4,17,22-25,40H,5-16,18-21H2,(H,32,34)(H,41,42)/t24-,25-/m0/s1. The third kappa shape index (κ3) is 6.11. The summed E-state index contributed by atoms with van der Waals surface area (Å²) in [6.07, 6.45) is 3.95. The van der Waals surface area contributed by atoms with E-state index in [-0.39, 0.29) is 11.9 Å². The van der Waals surface area contributed by atoms with E-state index in [1.807, 2.05) is 18.2 Å². The molecule has 4 saturated heterocycles.